The Kier molecular flexibility index (Phi) is 6.61. The number of nitrogens with one attached hydrogen (secondary N) is 1. The number of hydrogen-bond donors (Lipinski definition) is 1. The Morgan fingerprint density at radius 1 is 1.06 bits per heavy atom. The van der Waals surface area contributed by atoms with Gasteiger partial charge in [-0.25, -0.2) is 26.9 Å². The van der Waals surface area contributed by atoms with Gasteiger partial charge in [0.15, 0.2) is 5.82 Å². The number of para-hydroxylation sites is 1. The number of aromatic nitrogens is 5. The Bertz CT molecular complexity index is 1360. The molecule has 0 spiro atoms. The molecule has 194 valence electrons. The standard InChI is InChI=1S/C21H26F2N8O4S/c1-34-15-5-3-4-14-16(15)24-18(17(22)23)31(14)21-26-19(29-8-10-35-11-9-29)25-20(27-21)30-7-6-13(12-30)28-36(2,32)33/h3-5,13,17,28H,6-12H2,1-2H3/t13-/m0/s1. The van der Waals surface area contributed by atoms with Crippen LogP contribution in [0.3, 0.4) is 0 Å². The summed E-state index contributed by atoms with van der Waals surface area (Å²) >= 11 is 0. The van der Waals surface area contributed by atoms with E-state index in [0.717, 1.165) is 6.26 Å². The van der Waals surface area contributed by atoms with Crippen molar-refractivity contribution in [2.24, 2.45) is 0 Å². The first-order valence-electron chi connectivity index (χ1n) is 11.4. The maximum atomic E-state index is 14.2. The number of fused-ring (bicyclic) bond motifs is 1. The van der Waals surface area contributed by atoms with Gasteiger partial charge < -0.3 is 19.3 Å². The number of hydrogen-bond acceptors (Lipinski definition) is 10. The molecule has 0 radical (unpaired) electrons. The average molecular weight is 525 g/mol. The number of benzene rings is 1. The summed E-state index contributed by atoms with van der Waals surface area (Å²) in [6, 6.07) is 4.66. The van der Waals surface area contributed by atoms with Crippen LogP contribution in [0, 0.1) is 0 Å². The van der Waals surface area contributed by atoms with Gasteiger partial charge in [-0.1, -0.05) is 6.07 Å². The van der Waals surface area contributed by atoms with Crippen LogP contribution < -0.4 is 19.3 Å². The molecule has 0 aliphatic carbocycles. The monoisotopic (exact) mass is 524 g/mol. The van der Waals surface area contributed by atoms with Gasteiger partial charge in [-0.2, -0.15) is 15.0 Å². The highest BCUT2D eigenvalue weighted by Crippen LogP contribution is 2.32. The molecule has 12 nitrogen and oxygen atoms in total. The zero-order chi connectivity index (χ0) is 25.4. The van der Waals surface area contributed by atoms with Crippen molar-refractivity contribution in [2.45, 2.75) is 18.9 Å². The van der Waals surface area contributed by atoms with Crippen LogP contribution >= 0.6 is 0 Å². The van der Waals surface area contributed by atoms with Gasteiger partial charge in [0, 0.05) is 32.2 Å². The van der Waals surface area contributed by atoms with Crippen LogP contribution in [0.5, 0.6) is 5.75 Å². The predicted octanol–water partition coefficient (Wildman–Crippen LogP) is 1.12. The van der Waals surface area contributed by atoms with Crippen LogP contribution in [0.1, 0.15) is 18.7 Å². The molecule has 2 aliphatic heterocycles. The molecule has 36 heavy (non-hydrogen) atoms. The van der Waals surface area contributed by atoms with Crippen molar-refractivity contribution in [3.05, 3.63) is 24.0 Å². The van der Waals surface area contributed by atoms with E-state index < -0.39 is 22.3 Å². The Morgan fingerprint density at radius 2 is 1.75 bits per heavy atom. The SMILES string of the molecule is COc1cccc2c1nc(C(F)F)n2-c1nc(N2CCOCC2)nc(N2CC[C@H](NS(C)(=O)=O)C2)n1. The van der Waals surface area contributed by atoms with Crippen molar-refractivity contribution in [1.29, 1.82) is 0 Å². The zero-order valence-electron chi connectivity index (χ0n) is 19.8. The first kappa shape index (κ1) is 24.5. The summed E-state index contributed by atoms with van der Waals surface area (Å²) in [7, 11) is -1.94. The number of anilines is 2. The van der Waals surface area contributed by atoms with Crippen LogP contribution in [0.15, 0.2) is 18.2 Å². The van der Waals surface area contributed by atoms with Crippen molar-refractivity contribution < 1.29 is 26.7 Å². The predicted molar refractivity (Wildman–Crippen MR) is 128 cm³/mol. The van der Waals surface area contributed by atoms with Crippen LogP contribution in [0.4, 0.5) is 20.7 Å². The Labute approximate surface area is 206 Å². The third-order valence-corrected chi connectivity index (χ3v) is 6.80. The molecule has 0 amide bonds. The van der Waals surface area contributed by atoms with E-state index in [4.69, 9.17) is 9.47 Å². The number of methoxy groups -OCH3 is 1. The van der Waals surface area contributed by atoms with Crippen LogP contribution in [-0.2, 0) is 14.8 Å². The molecule has 2 aromatic heterocycles. The van der Waals surface area contributed by atoms with Gasteiger partial charge in [-0.15, -0.1) is 0 Å². The van der Waals surface area contributed by atoms with E-state index in [-0.39, 0.29) is 23.5 Å². The molecule has 2 fully saturated rings. The van der Waals surface area contributed by atoms with Crippen LogP contribution in [-0.4, -0.2) is 91.7 Å². The maximum Gasteiger partial charge on any atom is 0.296 e. The molecule has 0 bridgehead atoms. The van der Waals surface area contributed by atoms with Gasteiger partial charge in [-0.3, -0.25) is 4.57 Å². The lowest BCUT2D eigenvalue weighted by Gasteiger charge is -2.28. The Hall–Kier alpha value is -3.17. The molecule has 1 atom stereocenters. The van der Waals surface area contributed by atoms with E-state index in [0.29, 0.717) is 63.0 Å². The van der Waals surface area contributed by atoms with Crippen molar-refractivity contribution in [1.82, 2.24) is 29.2 Å². The van der Waals surface area contributed by atoms with Crippen molar-refractivity contribution in [3.8, 4) is 11.7 Å². The quantitative estimate of drug-likeness (QED) is 0.480. The molecule has 4 heterocycles. The summed E-state index contributed by atoms with van der Waals surface area (Å²) in [5.41, 5.74) is 0.636. The highest BCUT2D eigenvalue weighted by Gasteiger charge is 2.30. The Morgan fingerprint density at radius 3 is 2.42 bits per heavy atom. The average Bonchev–Trinajstić information content (AvgIpc) is 3.48. The van der Waals surface area contributed by atoms with Gasteiger partial charge in [0.05, 0.1) is 32.1 Å². The second-order valence-corrected chi connectivity index (χ2v) is 10.4. The van der Waals surface area contributed by atoms with E-state index in [1.165, 1.54) is 11.7 Å². The van der Waals surface area contributed by atoms with Gasteiger partial charge in [0.1, 0.15) is 11.3 Å². The second kappa shape index (κ2) is 9.71. The minimum atomic E-state index is -3.39. The smallest absolute Gasteiger partial charge is 0.296 e. The van der Waals surface area contributed by atoms with E-state index in [2.05, 4.69) is 24.7 Å². The minimum absolute atomic E-state index is 0.00735. The number of imidazole rings is 1. The highest BCUT2D eigenvalue weighted by molar-refractivity contribution is 7.88. The third-order valence-electron chi connectivity index (χ3n) is 6.03. The van der Waals surface area contributed by atoms with Crippen LogP contribution in [0.2, 0.25) is 0 Å². The molecular weight excluding hydrogens is 498 g/mol. The molecular formula is C21H26F2N8O4S. The summed E-state index contributed by atoms with van der Waals surface area (Å²) < 4.78 is 66.3. The molecule has 1 aromatic carbocycles. The van der Waals surface area contributed by atoms with Crippen molar-refractivity contribution in [2.75, 3.05) is 62.6 Å². The molecule has 1 N–H and O–H groups in total. The van der Waals surface area contributed by atoms with Crippen molar-refractivity contribution >= 4 is 33.0 Å². The molecule has 3 aromatic rings. The Balaban J connectivity index is 1.63. The van der Waals surface area contributed by atoms with E-state index in [9.17, 15) is 17.2 Å². The number of sulfonamides is 1. The zero-order valence-corrected chi connectivity index (χ0v) is 20.6. The van der Waals surface area contributed by atoms with E-state index >= 15 is 0 Å². The topological polar surface area (TPSA) is 128 Å². The molecule has 2 aliphatic rings. The van der Waals surface area contributed by atoms with E-state index in [1.807, 2.05) is 9.80 Å². The van der Waals surface area contributed by atoms with Gasteiger partial charge in [0.2, 0.25) is 27.9 Å². The number of morpholine rings is 1. The largest absolute Gasteiger partial charge is 0.494 e. The first-order chi connectivity index (χ1) is 17.2. The number of rotatable bonds is 7. The highest BCUT2D eigenvalue weighted by atomic mass is 32.2. The molecule has 0 saturated carbocycles. The molecule has 0 unspecified atom stereocenters. The third kappa shape index (κ3) is 4.90. The summed E-state index contributed by atoms with van der Waals surface area (Å²) in [6.45, 7) is 2.84. The molecule has 15 heteroatoms. The van der Waals surface area contributed by atoms with Gasteiger partial charge in [0.25, 0.3) is 6.43 Å². The van der Waals surface area contributed by atoms with Crippen molar-refractivity contribution in [3.63, 3.8) is 0 Å². The molecule has 2 saturated heterocycles. The fourth-order valence-electron chi connectivity index (χ4n) is 4.44. The lowest BCUT2D eigenvalue weighted by molar-refractivity contribution is 0.122. The number of halogens is 2. The summed E-state index contributed by atoms with van der Waals surface area (Å²) in [4.78, 5) is 21.6. The maximum absolute atomic E-state index is 14.2. The normalized spacial score (nSPS) is 19.0. The van der Waals surface area contributed by atoms with Gasteiger partial charge >= 0.3 is 0 Å². The summed E-state index contributed by atoms with van der Waals surface area (Å²) in [6.07, 6.45) is -1.24. The van der Waals surface area contributed by atoms with Gasteiger partial charge in [-0.05, 0) is 18.6 Å². The fraction of sp³-hybridized carbons (Fsp3) is 0.524. The number of nitrogens with zero attached hydrogens (tertiary/aromatic N) is 7. The minimum Gasteiger partial charge on any atom is -0.494 e. The second-order valence-electron chi connectivity index (χ2n) is 8.59. The fourth-order valence-corrected chi connectivity index (χ4v) is 5.24. The summed E-state index contributed by atoms with van der Waals surface area (Å²) in [5, 5.41) is 0. The lowest BCUT2D eigenvalue weighted by Crippen LogP contribution is -2.39. The lowest BCUT2D eigenvalue weighted by atomic mass is 10.3. The number of alkyl halides is 2. The van der Waals surface area contributed by atoms with Crippen LogP contribution in [0.25, 0.3) is 17.0 Å². The summed E-state index contributed by atoms with van der Waals surface area (Å²) in [5.74, 6) is 0.418. The first-order valence-corrected chi connectivity index (χ1v) is 13.3. The van der Waals surface area contributed by atoms with E-state index in [1.54, 1.807) is 18.2 Å². The molecule has 5 rings (SSSR count). The number of ether oxygens (including phenoxy) is 2.